The molecule has 0 aliphatic heterocycles. The second-order valence-corrected chi connectivity index (χ2v) is 3.80. The minimum atomic E-state index is 0.309. The molecule has 0 radical (unpaired) electrons. The number of nitrogens with zero attached hydrogens (tertiary/aromatic N) is 1. The molecule has 0 bridgehead atoms. The fourth-order valence-corrected chi connectivity index (χ4v) is 1.67. The smallest absolute Gasteiger partial charge is 0.203 e. The summed E-state index contributed by atoms with van der Waals surface area (Å²) in [6.07, 6.45) is 0. The largest absolute Gasteiger partial charge is 0.493 e. The number of furan rings is 1. The average Bonchev–Trinajstić information content (AvgIpc) is 2.92. The molecular weight excluding hydrogens is 244 g/mol. The van der Waals surface area contributed by atoms with Gasteiger partial charge in [0.25, 0.3) is 0 Å². The number of hydrogen-bond donors (Lipinski definition) is 1. The fraction of sp³-hybridized carbons (Fsp3) is 0.214. The summed E-state index contributed by atoms with van der Waals surface area (Å²) >= 11 is 0. The lowest BCUT2D eigenvalue weighted by molar-refractivity contribution is 0.355. The molecule has 1 aromatic heterocycles. The number of nitrogens with one attached hydrogen (secondary N) is 1. The van der Waals surface area contributed by atoms with E-state index in [0.717, 1.165) is 5.69 Å². The number of rotatable bonds is 5. The number of nitriles is 1. The molecule has 5 heteroatoms. The van der Waals surface area contributed by atoms with Gasteiger partial charge < -0.3 is 19.2 Å². The van der Waals surface area contributed by atoms with Crippen LogP contribution in [0.4, 0.5) is 5.69 Å². The summed E-state index contributed by atoms with van der Waals surface area (Å²) in [5.41, 5.74) is 0.882. The van der Waals surface area contributed by atoms with Crippen LogP contribution in [0.25, 0.3) is 0 Å². The Hall–Kier alpha value is -2.61. The Labute approximate surface area is 111 Å². The van der Waals surface area contributed by atoms with E-state index in [1.54, 1.807) is 26.4 Å². The molecule has 0 aliphatic rings. The molecule has 0 saturated carbocycles. The molecule has 1 aromatic carbocycles. The molecule has 0 unspecified atom stereocenters. The first kappa shape index (κ1) is 12.8. The lowest BCUT2D eigenvalue weighted by Gasteiger charge is -2.10. The van der Waals surface area contributed by atoms with Crippen molar-refractivity contribution in [3.63, 3.8) is 0 Å². The molecule has 98 valence electrons. The van der Waals surface area contributed by atoms with Gasteiger partial charge in [0.2, 0.25) is 5.76 Å². The van der Waals surface area contributed by atoms with E-state index in [4.69, 9.17) is 19.2 Å². The van der Waals surface area contributed by atoms with Crippen LogP contribution in [0.5, 0.6) is 11.5 Å². The summed E-state index contributed by atoms with van der Waals surface area (Å²) < 4.78 is 15.7. The first-order valence-electron chi connectivity index (χ1n) is 5.71. The second-order valence-electron chi connectivity index (χ2n) is 3.80. The Bertz CT molecular complexity index is 599. The number of anilines is 1. The van der Waals surface area contributed by atoms with Gasteiger partial charge in [0.05, 0.1) is 20.8 Å². The molecule has 1 N–H and O–H groups in total. The van der Waals surface area contributed by atoms with Gasteiger partial charge >= 0.3 is 0 Å². The highest BCUT2D eigenvalue weighted by Gasteiger charge is 2.05. The van der Waals surface area contributed by atoms with Crippen LogP contribution in [0.15, 0.2) is 34.7 Å². The minimum Gasteiger partial charge on any atom is -0.493 e. The van der Waals surface area contributed by atoms with E-state index in [9.17, 15) is 0 Å². The fourth-order valence-electron chi connectivity index (χ4n) is 1.67. The molecule has 5 nitrogen and oxygen atoms in total. The SMILES string of the molecule is COc1ccc(NCc2ccc(C#N)o2)cc1OC. The monoisotopic (exact) mass is 258 g/mol. The Morgan fingerprint density at radius 2 is 1.95 bits per heavy atom. The molecule has 0 fully saturated rings. The first-order valence-corrected chi connectivity index (χ1v) is 5.71. The Balaban J connectivity index is 2.05. The predicted molar refractivity (Wildman–Crippen MR) is 70.3 cm³/mol. The van der Waals surface area contributed by atoms with Crippen LogP contribution >= 0.6 is 0 Å². The Kier molecular flexibility index (Phi) is 3.94. The third-order valence-electron chi connectivity index (χ3n) is 2.62. The van der Waals surface area contributed by atoms with E-state index in [2.05, 4.69) is 5.32 Å². The van der Waals surface area contributed by atoms with Crippen molar-refractivity contribution < 1.29 is 13.9 Å². The molecule has 2 rings (SSSR count). The molecule has 0 aliphatic carbocycles. The number of hydrogen-bond acceptors (Lipinski definition) is 5. The number of ether oxygens (including phenoxy) is 2. The summed E-state index contributed by atoms with van der Waals surface area (Å²) in [6.45, 7) is 0.497. The molecule has 0 spiro atoms. The molecule has 1 heterocycles. The zero-order valence-electron chi connectivity index (χ0n) is 10.8. The maximum atomic E-state index is 8.67. The zero-order valence-corrected chi connectivity index (χ0v) is 10.8. The van der Waals surface area contributed by atoms with Crippen LogP contribution in [-0.4, -0.2) is 14.2 Å². The molecule has 0 atom stereocenters. The highest BCUT2D eigenvalue weighted by Crippen LogP contribution is 2.29. The van der Waals surface area contributed by atoms with E-state index < -0.39 is 0 Å². The Morgan fingerprint density at radius 3 is 2.58 bits per heavy atom. The van der Waals surface area contributed by atoms with Crippen LogP contribution in [-0.2, 0) is 6.54 Å². The van der Waals surface area contributed by atoms with Crippen molar-refractivity contribution in [2.45, 2.75) is 6.54 Å². The summed E-state index contributed by atoms with van der Waals surface area (Å²) in [6, 6.07) is 10.9. The van der Waals surface area contributed by atoms with Crippen LogP contribution in [0.2, 0.25) is 0 Å². The van der Waals surface area contributed by atoms with E-state index in [1.807, 2.05) is 24.3 Å². The highest BCUT2D eigenvalue weighted by atomic mass is 16.5. The van der Waals surface area contributed by atoms with Crippen molar-refractivity contribution in [1.29, 1.82) is 5.26 Å². The minimum absolute atomic E-state index is 0.309. The van der Waals surface area contributed by atoms with Crippen LogP contribution in [0.1, 0.15) is 11.5 Å². The molecular formula is C14H14N2O3. The van der Waals surface area contributed by atoms with Gasteiger partial charge in [-0.2, -0.15) is 5.26 Å². The van der Waals surface area contributed by atoms with Crippen molar-refractivity contribution in [2.75, 3.05) is 19.5 Å². The number of methoxy groups -OCH3 is 2. The van der Waals surface area contributed by atoms with Gasteiger partial charge in [-0.25, -0.2) is 0 Å². The van der Waals surface area contributed by atoms with Crippen molar-refractivity contribution in [3.8, 4) is 17.6 Å². The average molecular weight is 258 g/mol. The van der Waals surface area contributed by atoms with Gasteiger partial charge in [0.15, 0.2) is 11.5 Å². The van der Waals surface area contributed by atoms with Gasteiger partial charge in [-0.1, -0.05) is 0 Å². The quantitative estimate of drug-likeness (QED) is 0.893. The maximum Gasteiger partial charge on any atom is 0.203 e. The van der Waals surface area contributed by atoms with Crippen LogP contribution in [0, 0.1) is 11.3 Å². The van der Waals surface area contributed by atoms with E-state index >= 15 is 0 Å². The van der Waals surface area contributed by atoms with E-state index in [0.29, 0.717) is 29.6 Å². The van der Waals surface area contributed by atoms with Crippen LogP contribution in [0.3, 0.4) is 0 Å². The molecule has 0 saturated heterocycles. The van der Waals surface area contributed by atoms with Crippen LogP contribution < -0.4 is 14.8 Å². The zero-order chi connectivity index (χ0) is 13.7. The van der Waals surface area contributed by atoms with E-state index in [-0.39, 0.29) is 0 Å². The van der Waals surface area contributed by atoms with Crippen molar-refractivity contribution in [2.24, 2.45) is 0 Å². The van der Waals surface area contributed by atoms with Crippen molar-refractivity contribution in [3.05, 3.63) is 41.9 Å². The highest BCUT2D eigenvalue weighted by molar-refractivity contribution is 5.54. The van der Waals surface area contributed by atoms with Gasteiger partial charge in [-0.05, 0) is 24.3 Å². The summed E-state index contributed by atoms with van der Waals surface area (Å²) in [7, 11) is 3.19. The van der Waals surface area contributed by atoms with Gasteiger partial charge in [0, 0.05) is 11.8 Å². The van der Waals surface area contributed by atoms with Gasteiger partial charge in [0.1, 0.15) is 11.8 Å². The van der Waals surface area contributed by atoms with Gasteiger partial charge in [-0.3, -0.25) is 0 Å². The standard InChI is InChI=1S/C14H14N2O3/c1-17-13-6-3-10(7-14(13)18-2)16-9-12-5-4-11(8-15)19-12/h3-7,16H,9H2,1-2H3. The molecule has 19 heavy (non-hydrogen) atoms. The first-order chi connectivity index (χ1) is 9.26. The Morgan fingerprint density at radius 1 is 1.16 bits per heavy atom. The normalized spacial score (nSPS) is 9.74. The lowest BCUT2D eigenvalue weighted by atomic mass is 10.2. The summed E-state index contributed by atoms with van der Waals surface area (Å²) in [4.78, 5) is 0. The van der Waals surface area contributed by atoms with Crippen molar-refractivity contribution in [1.82, 2.24) is 0 Å². The molecule has 0 amide bonds. The number of benzene rings is 1. The second kappa shape index (κ2) is 5.83. The lowest BCUT2D eigenvalue weighted by Crippen LogP contribution is -1.99. The molecule has 2 aromatic rings. The predicted octanol–water partition coefficient (Wildman–Crippen LogP) is 2.78. The van der Waals surface area contributed by atoms with Crippen molar-refractivity contribution >= 4 is 5.69 Å². The maximum absolute atomic E-state index is 8.67. The summed E-state index contributed by atoms with van der Waals surface area (Å²) in [5.74, 6) is 2.35. The third kappa shape index (κ3) is 2.99. The third-order valence-corrected chi connectivity index (χ3v) is 2.62. The van der Waals surface area contributed by atoms with Gasteiger partial charge in [-0.15, -0.1) is 0 Å². The topological polar surface area (TPSA) is 67.4 Å². The summed E-state index contributed by atoms with van der Waals surface area (Å²) in [5, 5.41) is 11.9. The van der Waals surface area contributed by atoms with E-state index in [1.165, 1.54) is 0 Å².